The number of rotatable bonds is 4. The SMILES string of the molecule is COc1c(N2Cc3cc(Br)c(Br)cc3C2)c(F)cc2c(=O)c(C(=O)O)cn(C3CC3)c12. The highest BCUT2D eigenvalue weighted by Crippen LogP contribution is 2.45. The van der Waals surface area contributed by atoms with Crippen molar-refractivity contribution in [3.8, 4) is 5.75 Å². The van der Waals surface area contributed by atoms with Gasteiger partial charge in [-0.3, -0.25) is 4.79 Å². The van der Waals surface area contributed by atoms with Crippen LogP contribution in [0.4, 0.5) is 10.1 Å². The van der Waals surface area contributed by atoms with Gasteiger partial charge in [0.2, 0.25) is 5.43 Å². The second-order valence-corrected chi connectivity index (χ2v) is 9.55. The summed E-state index contributed by atoms with van der Waals surface area (Å²) < 4.78 is 24.7. The Morgan fingerprint density at radius 2 is 1.77 bits per heavy atom. The van der Waals surface area contributed by atoms with Crippen LogP contribution in [0.5, 0.6) is 5.75 Å². The van der Waals surface area contributed by atoms with Crippen LogP contribution in [0.15, 0.2) is 38.1 Å². The third kappa shape index (κ3) is 3.25. The van der Waals surface area contributed by atoms with Crippen LogP contribution in [0.1, 0.15) is 40.4 Å². The van der Waals surface area contributed by atoms with Crippen LogP contribution < -0.4 is 15.1 Å². The van der Waals surface area contributed by atoms with Gasteiger partial charge in [-0.15, -0.1) is 0 Å². The van der Waals surface area contributed by atoms with Crippen molar-refractivity contribution in [2.45, 2.75) is 32.0 Å². The molecule has 6 nitrogen and oxygen atoms in total. The van der Waals surface area contributed by atoms with Crippen molar-refractivity contribution in [3.05, 3.63) is 66.1 Å². The molecule has 5 rings (SSSR count). The molecule has 2 aromatic carbocycles. The molecule has 9 heteroatoms. The Labute approximate surface area is 193 Å². The van der Waals surface area contributed by atoms with Crippen LogP contribution in [0.25, 0.3) is 10.9 Å². The lowest BCUT2D eigenvalue weighted by atomic mass is 10.1. The van der Waals surface area contributed by atoms with Gasteiger partial charge < -0.3 is 19.3 Å². The molecule has 1 aliphatic heterocycles. The molecule has 1 fully saturated rings. The number of aromatic carboxylic acids is 1. The average Bonchev–Trinajstić information content (AvgIpc) is 3.49. The highest BCUT2D eigenvalue weighted by molar-refractivity contribution is 9.13. The van der Waals surface area contributed by atoms with Crippen molar-refractivity contribution in [3.63, 3.8) is 0 Å². The largest absolute Gasteiger partial charge is 0.492 e. The normalized spacial score (nSPS) is 15.4. The Kier molecular flexibility index (Phi) is 4.86. The van der Waals surface area contributed by atoms with E-state index in [4.69, 9.17) is 4.74 Å². The van der Waals surface area contributed by atoms with Gasteiger partial charge in [0.25, 0.3) is 0 Å². The zero-order valence-electron chi connectivity index (χ0n) is 16.4. The minimum absolute atomic E-state index is 0.0205. The Morgan fingerprint density at radius 1 is 1.16 bits per heavy atom. The first kappa shape index (κ1) is 20.5. The van der Waals surface area contributed by atoms with E-state index in [1.165, 1.54) is 13.3 Å². The van der Waals surface area contributed by atoms with E-state index in [0.29, 0.717) is 18.6 Å². The number of halogens is 3. The maximum absolute atomic E-state index is 15.4. The molecule has 0 bridgehead atoms. The lowest BCUT2D eigenvalue weighted by Crippen LogP contribution is -2.22. The number of carboxylic acid groups (broad SMARTS) is 1. The predicted molar refractivity (Wildman–Crippen MR) is 122 cm³/mol. The summed E-state index contributed by atoms with van der Waals surface area (Å²) in [5, 5.41) is 9.49. The molecule has 160 valence electrons. The van der Waals surface area contributed by atoms with E-state index in [2.05, 4.69) is 31.9 Å². The number of carboxylic acids is 1. The van der Waals surface area contributed by atoms with Gasteiger partial charge in [-0.25, -0.2) is 9.18 Å². The van der Waals surface area contributed by atoms with E-state index in [0.717, 1.165) is 39.0 Å². The van der Waals surface area contributed by atoms with Gasteiger partial charge in [0, 0.05) is 34.3 Å². The van der Waals surface area contributed by atoms with Gasteiger partial charge in [0.05, 0.1) is 18.0 Å². The predicted octanol–water partition coefficient (Wildman–Crippen LogP) is 5.23. The first-order chi connectivity index (χ1) is 14.8. The number of aromatic nitrogens is 1. The van der Waals surface area contributed by atoms with E-state index in [9.17, 15) is 14.7 Å². The summed E-state index contributed by atoms with van der Waals surface area (Å²) in [6.45, 7) is 0.974. The first-order valence-corrected chi connectivity index (χ1v) is 11.3. The van der Waals surface area contributed by atoms with Gasteiger partial charge in [-0.1, -0.05) is 0 Å². The molecule has 1 aliphatic carbocycles. The maximum Gasteiger partial charge on any atom is 0.341 e. The number of ether oxygens (including phenoxy) is 1. The maximum atomic E-state index is 15.4. The number of anilines is 1. The Hall–Kier alpha value is -2.39. The summed E-state index contributed by atoms with van der Waals surface area (Å²) in [4.78, 5) is 26.3. The van der Waals surface area contributed by atoms with Crippen LogP contribution in [0.3, 0.4) is 0 Å². The summed E-state index contributed by atoms with van der Waals surface area (Å²) in [7, 11) is 1.45. The Bertz CT molecular complexity index is 1300. The summed E-state index contributed by atoms with van der Waals surface area (Å²) >= 11 is 7.02. The molecule has 1 N–H and O–H groups in total. The number of methoxy groups -OCH3 is 1. The van der Waals surface area contributed by atoms with Gasteiger partial charge in [0.1, 0.15) is 11.3 Å². The number of carbonyl (C=O) groups is 1. The molecule has 0 amide bonds. The van der Waals surface area contributed by atoms with Gasteiger partial charge in [-0.2, -0.15) is 0 Å². The summed E-state index contributed by atoms with van der Waals surface area (Å²) in [5.74, 6) is -1.69. The number of fused-ring (bicyclic) bond motifs is 2. The van der Waals surface area contributed by atoms with Gasteiger partial charge in [0.15, 0.2) is 11.6 Å². The van der Waals surface area contributed by atoms with Crippen molar-refractivity contribution in [2.75, 3.05) is 12.0 Å². The van der Waals surface area contributed by atoms with Crippen molar-refractivity contribution in [1.29, 1.82) is 0 Å². The number of benzene rings is 2. The molecule has 0 radical (unpaired) electrons. The van der Waals surface area contributed by atoms with Crippen LogP contribution >= 0.6 is 31.9 Å². The molecule has 2 aliphatic rings. The third-order valence-corrected chi connectivity index (χ3v) is 7.70. The fraction of sp³-hybridized carbons (Fsp3) is 0.273. The molecule has 1 saturated carbocycles. The minimum atomic E-state index is -1.32. The first-order valence-electron chi connectivity index (χ1n) is 9.70. The Balaban J connectivity index is 1.74. The van der Waals surface area contributed by atoms with Crippen molar-refractivity contribution in [1.82, 2.24) is 4.57 Å². The zero-order chi connectivity index (χ0) is 22.0. The Morgan fingerprint density at radius 3 is 2.29 bits per heavy atom. The topological polar surface area (TPSA) is 71.8 Å². The van der Waals surface area contributed by atoms with Crippen LogP contribution in [-0.2, 0) is 13.1 Å². The van der Waals surface area contributed by atoms with Crippen LogP contribution in [0.2, 0.25) is 0 Å². The van der Waals surface area contributed by atoms with E-state index in [1.807, 2.05) is 17.0 Å². The van der Waals surface area contributed by atoms with Crippen LogP contribution in [-0.4, -0.2) is 22.8 Å². The van der Waals surface area contributed by atoms with E-state index < -0.39 is 17.2 Å². The van der Waals surface area contributed by atoms with Crippen molar-refractivity contribution >= 4 is 54.4 Å². The molecular formula is C22H17Br2FN2O4. The van der Waals surface area contributed by atoms with E-state index in [1.54, 1.807) is 4.57 Å². The molecule has 1 aromatic heterocycles. The van der Waals surface area contributed by atoms with E-state index in [-0.39, 0.29) is 28.4 Å². The molecular weight excluding hydrogens is 535 g/mol. The number of nitrogens with zero attached hydrogens (tertiary/aromatic N) is 2. The second kappa shape index (κ2) is 7.34. The third-order valence-electron chi connectivity index (χ3n) is 5.85. The number of pyridine rings is 1. The number of hydrogen-bond acceptors (Lipinski definition) is 4. The molecule has 0 unspecified atom stereocenters. The fourth-order valence-corrected chi connectivity index (χ4v) is 5.05. The number of hydrogen-bond donors (Lipinski definition) is 1. The highest BCUT2D eigenvalue weighted by Gasteiger charge is 2.32. The molecule has 3 aromatic rings. The molecule has 0 saturated heterocycles. The standard InChI is InChI=1S/C22H17Br2FN2O4/c1-31-21-18-13(20(28)14(22(29)30)9-27(18)12-2-3-12)6-17(25)19(21)26-7-10-4-15(23)16(24)5-11(10)8-26/h4-6,9,12H,2-3,7-8H2,1H3,(H,29,30). The molecule has 0 atom stereocenters. The minimum Gasteiger partial charge on any atom is -0.492 e. The molecule has 2 heterocycles. The fourth-order valence-electron chi connectivity index (χ4n) is 4.27. The average molecular weight is 552 g/mol. The summed E-state index contributed by atoms with van der Waals surface area (Å²) in [5.41, 5.74) is 1.78. The smallest absolute Gasteiger partial charge is 0.341 e. The van der Waals surface area contributed by atoms with Crippen molar-refractivity contribution in [2.24, 2.45) is 0 Å². The van der Waals surface area contributed by atoms with Crippen LogP contribution in [0, 0.1) is 5.82 Å². The van der Waals surface area contributed by atoms with E-state index >= 15 is 4.39 Å². The lowest BCUT2D eigenvalue weighted by Gasteiger charge is -2.24. The summed E-state index contributed by atoms with van der Waals surface area (Å²) in [6, 6.07) is 5.22. The zero-order valence-corrected chi connectivity index (χ0v) is 19.6. The quantitative estimate of drug-likeness (QED) is 0.481. The van der Waals surface area contributed by atoms with Crippen molar-refractivity contribution < 1.29 is 19.0 Å². The molecule has 31 heavy (non-hydrogen) atoms. The van der Waals surface area contributed by atoms with Gasteiger partial charge >= 0.3 is 5.97 Å². The monoisotopic (exact) mass is 550 g/mol. The molecule has 0 spiro atoms. The lowest BCUT2D eigenvalue weighted by molar-refractivity contribution is 0.0695. The summed E-state index contributed by atoms with van der Waals surface area (Å²) in [6.07, 6.45) is 3.09. The van der Waals surface area contributed by atoms with Gasteiger partial charge in [-0.05, 0) is 74.0 Å². The highest BCUT2D eigenvalue weighted by atomic mass is 79.9. The second-order valence-electron chi connectivity index (χ2n) is 7.84.